The molecule has 0 spiro atoms. The molecule has 130 valence electrons. The van der Waals surface area contributed by atoms with E-state index < -0.39 is 4.92 Å². The van der Waals surface area contributed by atoms with Crippen LogP contribution in [0, 0.1) is 10.1 Å². The molecule has 0 N–H and O–H groups in total. The smallest absolute Gasteiger partial charge is 0.280 e. The zero-order valence-electron chi connectivity index (χ0n) is 13.4. The van der Waals surface area contributed by atoms with Crippen molar-refractivity contribution in [2.45, 2.75) is 25.7 Å². The van der Waals surface area contributed by atoms with E-state index in [1.54, 1.807) is 6.08 Å². The predicted molar refractivity (Wildman–Crippen MR) is 98.7 cm³/mol. The second kappa shape index (κ2) is 7.33. The summed E-state index contributed by atoms with van der Waals surface area (Å²) in [5.74, 6) is -0.356. The monoisotopic (exact) mass is 377 g/mol. The number of thiazole rings is 1. The summed E-state index contributed by atoms with van der Waals surface area (Å²) in [7, 11) is 0. The minimum Gasteiger partial charge on any atom is -0.280 e. The van der Waals surface area contributed by atoms with Crippen molar-refractivity contribution >= 4 is 39.7 Å². The van der Waals surface area contributed by atoms with Crippen LogP contribution in [0.5, 0.6) is 0 Å². The van der Waals surface area contributed by atoms with Crippen LogP contribution in [0.4, 0.5) is 10.8 Å². The fourth-order valence-electron chi connectivity index (χ4n) is 2.77. The van der Waals surface area contributed by atoms with E-state index in [0.29, 0.717) is 5.13 Å². The molecule has 0 atom stereocenters. The van der Waals surface area contributed by atoms with E-state index in [-0.39, 0.29) is 28.7 Å². The molecule has 0 unspecified atom stereocenters. The fraction of sp³-hybridized carbons (Fsp3) is 0.294. The Kier molecular flexibility index (Phi) is 5.15. The Hall–Kier alpha value is -2.25. The highest BCUT2D eigenvalue weighted by Crippen LogP contribution is 2.33. The number of carbonyl (C=O) groups is 1. The number of nitro benzene ring substituents is 1. The molecular weight excluding hydrogens is 362 g/mol. The van der Waals surface area contributed by atoms with Gasteiger partial charge in [0.2, 0.25) is 0 Å². The zero-order valence-corrected chi connectivity index (χ0v) is 15.0. The Morgan fingerprint density at radius 2 is 2.20 bits per heavy atom. The number of rotatable bonds is 5. The third kappa shape index (κ3) is 3.57. The molecule has 1 aromatic carbocycles. The van der Waals surface area contributed by atoms with E-state index in [2.05, 4.69) is 11.6 Å². The maximum atomic E-state index is 12.9. The number of anilines is 1. The molecule has 0 radical (unpaired) electrons. The minimum atomic E-state index is -0.598. The zero-order chi connectivity index (χ0) is 18.0. The van der Waals surface area contributed by atoms with Gasteiger partial charge in [0.25, 0.3) is 11.6 Å². The first-order valence-electron chi connectivity index (χ1n) is 7.86. The van der Waals surface area contributed by atoms with Crippen molar-refractivity contribution in [2.24, 2.45) is 0 Å². The van der Waals surface area contributed by atoms with Gasteiger partial charge < -0.3 is 0 Å². The highest BCUT2D eigenvalue weighted by Gasteiger charge is 2.25. The number of carbonyl (C=O) groups excluding carboxylic acids is 1. The van der Waals surface area contributed by atoms with Gasteiger partial charge in [0.05, 0.1) is 10.6 Å². The van der Waals surface area contributed by atoms with Gasteiger partial charge in [-0.2, -0.15) is 0 Å². The molecular formula is C17H16ClN3O3S. The number of halogens is 1. The normalized spacial score (nSPS) is 13.2. The van der Waals surface area contributed by atoms with Gasteiger partial charge in [0.1, 0.15) is 5.02 Å². The van der Waals surface area contributed by atoms with Crippen molar-refractivity contribution in [1.82, 2.24) is 4.98 Å². The third-order valence-electron chi connectivity index (χ3n) is 4.01. The number of hydrogen-bond donors (Lipinski definition) is 0. The van der Waals surface area contributed by atoms with Crippen molar-refractivity contribution in [1.29, 1.82) is 0 Å². The Morgan fingerprint density at radius 1 is 1.44 bits per heavy atom. The molecule has 0 bridgehead atoms. The van der Waals surface area contributed by atoms with Crippen LogP contribution in [-0.4, -0.2) is 22.4 Å². The minimum absolute atomic E-state index is 0.00142. The number of hydrogen-bond acceptors (Lipinski definition) is 5. The van der Waals surface area contributed by atoms with Gasteiger partial charge in [-0.1, -0.05) is 17.7 Å². The average molecular weight is 378 g/mol. The number of aromatic nitrogens is 1. The molecule has 0 saturated heterocycles. The highest BCUT2D eigenvalue weighted by molar-refractivity contribution is 7.16. The lowest BCUT2D eigenvalue weighted by Crippen LogP contribution is -2.31. The van der Waals surface area contributed by atoms with Crippen LogP contribution in [0.15, 0.2) is 30.9 Å². The summed E-state index contributed by atoms with van der Waals surface area (Å²) in [6.07, 6.45) is 5.76. The second-order valence-electron chi connectivity index (χ2n) is 5.70. The third-order valence-corrected chi connectivity index (χ3v) is 5.51. The lowest BCUT2D eigenvalue weighted by molar-refractivity contribution is -0.384. The standard InChI is InChI=1S/C17H16ClN3O3S/c1-2-9-20(17-19-13-5-3-4-6-15(13)25-17)16(22)11-7-8-12(18)14(10-11)21(23)24/h2,7-8,10H,1,3-6,9H2. The van der Waals surface area contributed by atoms with Crippen molar-refractivity contribution in [3.8, 4) is 0 Å². The molecule has 6 nitrogen and oxygen atoms in total. The van der Waals surface area contributed by atoms with E-state index >= 15 is 0 Å². The molecule has 8 heteroatoms. The van der Waals surface area contributed by atoms with E-state index in [4.69, 9.17) is 11.6 Å². The van der Waals surface area contributed by atoms with Crippen molar-refractivity contribution in [3.63, 3.8) is 0 Å². The topological polar surface area (TPSA) is 76.3 Å². The van der Waals surface area contributed by atoms with Crippen LogP contribution in [0.25, 0.3) is 0 Å². The van der Waals surface area contributed by atoms with Crippen molar-refractivity contribution in [3.05, 3.63) is 62.1 Å². The maximum absolute atomic E-state index is 12.9. The van der Waals surface area contributed by atoms with Crippen LogP contribution in [-0.2, 0) is 12.8 Å². The van der Waals surface area contributed by atoms with Crippen molar-refractivity contribution < 1.29 is 9.72 Å². The molecule has 0 fully saturated rings. The molecule has 0 aliphatic heterocycles. The van der Waals surface area contributed by atoms with Gasteiger partial charge in [-0.3, -0.25) is 19.8 Å². The molecule has 3 rings (SSSR count). The number of fused-ring (bicyclic) bond motifs is 1. The Balaban J connectivity index is 1.96. The van der Waals surface area contributed by atoms with Gasteiger partial charge >= 0.3 is 0 Å². The predicted octanol–water partition coefficient (Wildman–Crippen LogP) is 4.42. The summed E-state index contributed by atoms with van der Waals surface area (Å²) in [4.78, 5) is 30.7. The summed E-state index contributed by atoms with van der Waals surface area (Å²) in [6, 6.07) is 4.06. The summed E-state index contributed by atoms with van der Waals surface area (Å²) >= 11 is 7.34. The van der Waals surface area contributed by atoms with Gasteiger partial charge in [-0.15, -0.1) is 17.9 Å². The Morgan fingerprint density at radius 3 is 2.88 bits per heavy atom. The lowest BCUT2D eigenvalue weighted by Gasteiger charge is -2.18. The number of benzene rings is 1. The van der Waals surface area contributed by atoms with E-state index in [1.165, 1.54) is 39.3 Å². The van der Waals surface area contributed by atoms with Crippen LogP contribution in [0.3, 0.4) is 0 Å². The molecule has 0 saturated carbocycles. The summed E-state index contributed by atoms with van der Waals surface area (Å²) in [5, 5.41) is 11.7. The van der Waals surface area contributed by atoms with E-state index in [0.717, 1.165) is 31.4 Å². The van der Waals surface area contributed by atoms with Crippen molar-refractivity contribution in [2.75, 3.05) is 11.4 Å². The second-order valence-corrected chi connectivity index (χ2v) is 7.17. The molecule has 2 aromatic rings. The number of nitro groups is 1. The summed E-state index contributed by atoms with van der Waals surface area (Å²) < 4.78 is 0. The summed E-state index contributed by atoms with van der Waals surface area (Å²) in [6.45, 7) is 3.98. The molecule has 1 aliphatic rings. The average Bonchev–Trinajstić information content (AvgIpc) is 3.03. The van der Waals surface area contributed by atoms with Crippen LogP contribution >= 0.6 is 22.9 Å². The largest absolute Gasteiger partial charge is 0.288 e. The summed E-state index contributed by atoms with van der Waals surface area (Å²) in [5.41, 5.74) is 0.964. The number of amides is 1. The Bertz CT molecular complexity index is 826. The quantitative estimate of drug-likeness (QED) is 0.439. The number of nitrogens with zero attached hydrogens (tertiary/aromatic N) is 3. The molecule has 1 aromatic heterocycles. The van der Waals surface area contributed by atoms with E-state index in [9.17, 15) is 14.9 Å². The van der Waals surface area contributed by atoms with E-state index in [1.807, 2.05) is 0 Å². The first-order valence-corrected chi connectivity index (χ1v) is 9.06. The van der Waals surface area contributed by atoms with Crippen LogP contribution in [0.1, 0.15) is 33.8 Å². The van der Waals surface area contributed by atoms with Gasteiger partial charge in [-0.05, 0) is 37.8 Å². The van der Waals surface area contributed by atoms with Crippen LogP contribution in [0.2, 0.25) is 5.02 Å². The van der Waals surface area contributed by atoms with Gasteiger partial charge in [0.15, 0.2) is 5.13 Å². The molecule has 25 heavy (non-hydrogen) atoms. The lowest BCUT2D eigenvalue weighted by atomic mass is 10.0. The highest BCUT2D eigenvalue weighted by atomic mass is 35.5. The number of aryl methyl sites for hydroxylation is 2. The maximum Gasteiger partial charge on any atom is 0.288 e. The SMILES string of the molecule is C=CCN(C(=O)c1ccc(Cl)c([N+](=O)[O-])c1)c1nc2c(s1)CCCC2. The first kappa shape index (κ1) is 17.6. The fourth-order valence-corrected chi connectivity index (χ4v) is 4.11. The molecule has 1 heterocycles. The van der Waals surface area contributed by atoms with Gasteiger partial charge in [0, 0.05) is 23.1 Å². The van der Waals surface area contributed by atoms with Gasteiger partial charge in [-0.25, -0.2) is 4.98 Å². The molecule has 1 aliphatic carbocycles. The first-order chi connectivity index (χ1) is 12.0. The van der Waals surface area contributed by atoms with Crippen LogP contribution < -0.4 is 4.90 Å². The molecule has 1 amide bonds. The Labute approximate surface area is 153 Å².